The van der Waals surface area contributed by atoms with Crippen LogP contribution >= 0.6 is 11.3 Å². The highest BCUT2D eigenvalue weighted by Gasteiger charge is 2.29. The van der Waals surface area contributed by atoms with Crippen molar-refractivity contribution in [2.45, 2.75) is 39.5 Å². The van der Waals surface area contributed by atoms with Crippen molar-refractivity contribution in [2.75, 3.05) is 13.2 Å². The third-order valence-corrected chi connectivity index (χ3v) is 5.03. The minimum Gasteiger partial charge on any atom is -0.493 e. The fraction of sp³-hybridized carbons (Fsp3) is 0.450. The molecule has 1 heterocycles. The number of aromatic carboxylic acids is 1. The zero-order valence-corrected chi connectivity index (χ0v) is 16.9. The van der Waals surface area contributed by atoms with Gasteiger partial charge in [-0.25, -0.2) is 9.78 Å². The minimum atomic E-state index is -1.04. The van der Waals surface area contributed by atoms with E-state index in [-0.39, 0.29) is 11.6 Å². The molecule has 6 nitrogen and oxygen atoms in total. The summed E-state index contributed by atoms with van der Waals surface area (Å²) in [5, 5.41) is 14.0. The molecular formula is C20H26N2O4S. The second-order valence-corrected chi connectivity index (χ2v) is 8.23. The summed E-state index contributed by atoms with van der Waals surface area (Å²) in [5.41, 5.74) is 0.256. The van der Waals surface area contributed by atoms with Crippen molar-refractivity contribution in [1.82, 2.24) is 10.3 Å². The molecule has 0 radical (unpaired) electrons. The lowest BCUT2D eigenvalue weighted by atomic mass is 9.83. The number of nitrogens with zero attached hydrogens (tertiary/aromatic N) is 1. The lowest BCUT2D eigenvalue weighted by Crippen LogP contribution is -2.40. The van der Waals surface area contributed by atoms with Gasteiger partial charge in [0.2, 0.25) is 5.91 Å². The van der Waals surface area contributed by atoms with Crippen molar-refractivity contribution in [3.05, 3.63) is 45.9 Å². The van der Waals surface area contributed by atoms with Gasteiger partial charge in [-0.2, -0.15) is 0 Å². The SMILES string of the molecule is CC(C)COc1ccc(C(C)(C)C(=O)NCCc2nc(C(=O)O)cs2)cc1. The van der Waals surface area contributed by atoms with Gasteiger partial charge in [0.25, 0.3) is 0 Å². The molecule has 1 aromatic carbocycles. The van der Waals surface area contributed by atoms with E-state index >= 15 is 0 Å². The Kier molecular flexibility index (Phi) is 6.96. The number of aromatic nitrogens is 1. The monoisotopic (exact) mass is 390 g/mol. The van der Waals surface area contributed by atoms with Crippen molar-refractivity contribution in [1.29, 1.82) is 0 Å². The molecule has 0 bridgehead atoms. The van der Waals surface area contributed by atoms with Crippen LogP contribution in [0.4, 0.5) is 0 Å². The first kappa shape index (κ1) is 20.9. The van der Waals surface area contributed by atoms with E-state index in [0.717, 1.165) is 11.3 Å². The molecule has 0 aliphatic heterocycles. The number of hydrogen-bond acceptors (Lipinski definition) is 5. The fourth-order valence-electron chi connectivity index (χ4n) is 2.39. The smallest absolute Gasteiger partial charge is 0.355 e. The van der Waals surface area contributed by atoms with Gasteiger partial charge in [0.15, 0.2) is 5.69 Å². The molecular weight excluding hydrogens is 364 g/mol. The van der Waals surface area contributed by atoms with Crippen LogP contribution in [0.15, 0.2) is 29.6 Å². The predicted molar refractivity (Wildman–Crippen MR) is 106 cm³/mol. The summed E-state index contributed by atoms with van der Waals surface area (Å²) in [6.45, 7) is 9.00. The van der Waals surface area contributed by atoms with Crippen molar-refractivity contribution in [3.8, 4) is 5.75 Å². The summed E-state index contributed by atoms with van der Waals surface area (Å²) in [6, 6.07) is 7.59. The normalized spacial score (nSPS) is 11.4. The Balaban J connectivity index is 1.90. The van der Waals surface area contributed by atoms with Crippen LogP contribution in [0.1, 0.15) is 48.8 Å². The number of rotatable bonds is 9. The summed E-state index contributed by atoms with van der Waals surface area (Å²) in [6.07, 6.45) is 0.502. The summed E-state index contributed by atoms with van der Waals surface area (Å²) in [4.78, 5) is 27.5. The van der Waals surface area contributed by atoms with Crippen LogP contribution in [0, 0.1) is 5.92 Å². The molecule has 0 atom stereocenters. The lowest BCUT2D eigenvalue weighted by molar-refractivity contribution is -0.125. The molecule has 7 heteroatoms. The number of carbonyl (C=O) groups is 2. The molecule has 2 N–H and O–H groups in total. The summed E-state index contributed by atoms with van der Waals surface area (Å²) < 4.78 is 5.68. The summed E-state index contributed by atoms with van der Waals surface area (Å²) in [5.74, 6) is 0.120. The molecule has 27 heavy (non-hydrogen) atoms. The zero-order valence-electron chi connectivity index (χ0n) is 16.1. The third-order valence-electron chi connectivity index (χ3n) is 4.12. The fourth-order valence-corrected chi connectivity index (χ4v) is 3.16. The van der Waals surface area contributed by atoms with Gasteiger partial charge >= 0.3 is 5.97 Å². The van der Waals surface area contributed by atoms with E-state index in [2.05, 4.69) is 24.1 Å². The highest BCUT2D eigenvalue weighted by Crippen LogP contribution is 2.25. The molecule has 1 aromatic heterocycles. The number of nitrogens with one attached hydrogen (secondary N) is 1. The van der Waals surface area contributed by atoms with Crippen molar-refractivity contribution < 1.29 is 19.4 Å². The quantitative estimate of drug-likeness (QED) is 0.684. The van der Waals surface area contributed by atoms with E-state index in [9.17, 15) is 9.59 Å². The first-order valence-corrected chi connectivity index (χ1v) is 9.77. The number of amides is 1. The van der Waals surface area contributed by atoms with Crippen LogP contribution in [0.3, 0.4) is 0 Å². The molecule has 146 valence electrons. The zero-order chi connectivity index (χ0) is 20.0. The Morgan fingerprint density at radius 2 is 1.93 bits per heavy atom. The second kappa shape index (κ2) is 8.99. The van der Waals surface area contributed by atoms with E-state index in [1.54, 1.807) is 0 Å². The largest absolute Gasteiger partial charge is 0.493 e. The summed E-state index contributed by atoms with van der Waals surface area (Å²) in [7, 11) is 0. The molecule has 2 rings (SSSR count). The maximum absolute atomic E-state index is 12.6. The molecule has 0 fully saturated rings. The molecule has 0 saturated heterocycles. The first-order chi connectivity index (χ1) is 12.7. The Hall–Kier alpha value is -2.41. The number of carbonyl (C=O) groups excluding carboxylic acids is 1. The van der Waals surface area contributed by atoms with Crippen LogP contribution in [0.5, 0.6) is 5.75 Å². The highest BCUT2D eigenvalue weighted by molar-refractivity contribution is 7.09. The van der Waals surface area contributed by atoms with Gasteiger partial charge < -0.3 is 15.2 Å². The van der Waals surface area contributed by atoms with Gasteiger partial charge in [-0.15, -0.1) is 11.3 Å². The second-order valence-electron chi connectivity index (χ2n) is 7.29. The standard InChI is InChI=1S/C20H26N2O4S/c1-13(2)11-26-15-7-5-14(6-8-15)20(3,4)19(25)21-10-9-17-22-16(12-27-17)18(23)24/h5-8,12-13H,9-11H2,1-4H3,(H,21,25)(H,23,24). The predicted octanol–water partition coefficient (Wildman–Crippen LogP) is 3.51. The molecule has 0 spiro atoms. The van der Waals surface area contributed by atoms with Crippen LogP contribution in [0.2, 0.25) is 0 Å². The van der Waals surface area contributed by atoms with E-state index < -0.39 is 11.4 Å². The van der Waals surface area contributed by atoms with Gasteiger partial charge in [0, 0.05) is 18.3 Å². The van der Waals surface area contributed by atoms with E-state index in [1.807, 2.05) is 38.1 Å². The van der Waals surface area contributed by atoms with E-state index in [4.69, 9.17) is 9.84 Å². The Labute approximate surface area is 163 Å². The number of carboxylic acid groups (broad SMARTS) is 1. The average molecular weight is 391 g/mol. The minimum absolute atomic E-state index is 0.0430. The maximum atomic E-state index is 12.6. The van der Waals surface area contributed by atoms with Crippen LogP contribution in [0.25, 0.3) is 0 Å². The number of thiazole rings is 1. The van der Waals surface area contributed by atoms with E-state index in [0.29, 0.717) is 30.5 Å². The first-order valence-electron chi connectivity index (χ1n) is 8.89. The highest BCUT2D eigenvalue weighted by atomic mass is 32.1. The summed E-state index contributed by atoms with van der Waals surface area (Å²) >= 11 is 1.28. The van der Waals surface area contributed by atoms with Crippen LogP contribution < -0.4 is 10.1 Å². The average Bonchev–Trinajstić information content (AvgIpc) is 3.09. The van der Waals surface area contributed by atoms with Crippen LogP contribution in [-0.4, -0.2) is 35.1 Å². The number of ether oxygens (including phenoxy) is 1. The lowest BCUT2D eigenvalue weighted by Gasteiger charge is -2.24. The van der Waals surface area contributed by atoms with Crippen molar-refractivity contribution in [3.63, 3.8) is 0 Å². The van der Waals surface area contributed by atoms with Gasteiger partial charge in [-0.3, -0.25) is 4.79 Å². The molecule has 1 amide bonds. The Morgan fingerprint density at radius 3 is 2.48 bits per heavy atom. The molecule has 0 aliphatic carbocycles. The van der Waals surface area contributed by atoms with Gasteiger partial charge in [0.05, 0.1) is 17.0 Å². The van der Waals surface area contributed by atoms with Gasteiger partial charge in [-0.05, 0) is 37.5 Å². The van der Waals surface area contributed by atoms with Crippen molar-refractivity contribution >= 4 is 23.2 Å². The number of benzene rings is 1. The van der Waals surface area contributed by atoms with Crippen molar-refractivity contribution in [2.24, 2.45) is 5.92 Å². The molecule has 0 saturated carbocycles. The molecule has 0 aliphatic rings. The maximum Gasteiger partial charge on any atom is 0.355 e. The van der Waals surface area contributed by atoms with E-state index in [1.165, 1.54) is 16.7 Å². The topological polar surface area (TPSA) is 88.5 Å². The number of carboxylic acids is 1. The van der Waals surface area contributed by atoms with Gasteiger partial charge in [-0.1, -0.05) is 26.0 Å². The van der Waals surface area contributed by atoms with Gasteiger partial charge in [0.1, 0.15) is 5.75 Å². The Bertz CT molecular complexity index is 782. The third kappa shape index (κ3) is 5.79. The number of hydrogen-bond donors (Lipinski definition) is 2. The molecule has 2 aromatic rings. The Morgan fingerprint density at radius 1 is 1.26 bits per heavy atom. The van der Waals surface area contributed by atoms with Crippen LogP contribution in [-0.2, 0) is 16.6 Å². The molecule has 0 unspecified atom stereocenters.